The van der Waals surface area contributed by atoms with Crippen LogP contribution < -0.4 is 5.32 Å². The number of aromatic nitrogens is 2. The third-order valence-corrected chi connectivity index (χ3v) is 3.45. The second-order valence-corrected chi connectivity index (χ2v) is 4.46. The quantitative estimate of drug-likeness (QED) is 0.854. The zero-order valence-electron chi connectivity index (χ0n) is 8.69. The van der Waals surface area contributed by atoms with Crippen LogP contribution in [0.5, 0.6) is 5.75 Å². The zero-order valence-corrected chi connectivity index (χ0v) is 11.0. The van der Waals surface area contributed by atoms with Gasteiger partial charge in [-0.15, -0.1) is 0 Å². The van der Waals surface area contributed by atoms with Gasteiger partial charge in [0.15, 0.2) is 0 Å². The maximum absolute atomic E-state index is 9.60. The molecule has 0 spiro atoms. The molecule has 0 fully saturated rings. The molecular formula is C11H9BrClN3O. The van der Waals surface area contributed by atoms with Crippen LogP contribution in [0, 0.1) is 0 Å². The molecule has 2 aromatic rings. The fourth-order valence-electron chi connectivity index (χ4n) is 1.31. The Morgan fingerprint density at radius 3 is 2.82 bits per heavy atom. The van der Waals surface area contributed by atoms with Crippen LogP contribution in [0.2, 0.25) is 5.15 Å². The molecule has 0 bridgehead atoms. The van der Waals surface area contributed by atoms with Crippen molar-refractivity contribution in [2.75, 3.05) is 5.32 Å². The Balaban J connectivity index is 2.13. The number of phenolic OH excluding ortho intramolecular Hbond substituents is 1. The average molecular weight is 315 g/mol. The van der Waals surface area contributed by atoms with Gasteiger partial charge in [0.05, 0.1) is 4.47 Å². The summed E-state index contributed by atoms with van der Waals surface area (Å²) in [6.45, 7) is 0.457. The Morgan fingerprint density at radius 1 is 1.29 bits per heavy atom. The Kier molecular flexibility index (Phi) is 3.81. The summed E-state index contributed by atoms with van der Waals surface area (Å²) < 4.78 is 0.608. The minimum Gasteiger partial charge on any atom is -0.508 e. The van der Waals surface area contributed by atoms with Crippen molar-refractivity contribution in [3.05, 3.63) is 45.8 Å². The first-order valence-corrected chi connectivity index (χ1v) is 6.02. The van der Waals surface area contributed by atoms with Crippen LogP contribution in [0.4, 0.5) is 5.82 Å². The molecule has 0 saturated heterocycles. The minimum absolute atomic E-state index is 0.247. The molecule has 1 aromatic heterocycles. The van der Waals surface area contributed by atoms with Gasteiger partial charge >= 0.3 is 0 Å². The lowest BCUT2D eigenvalue weighted by atomic mass is 10.2. The summed E-state index contributed by atoms with van der Waals surface area (Å²) in [4.78, 5) is 7.88. The molecule has 0 aliphatic carbocycles. The molecule has 4 nitrogen and oxygen atoms in total. The van der Waals surface area contributed by atoms with Crippen molar-refractivity contribution < 1.29 is 5.11 Å². The van der Waals surface area contributed by atoms with Gasteiger partial charge in [0.25, 0.3) is 0 Å². The Morgan fingerprint density at radius 2 is 2.06 bits per heavy atom. The molecule has 2 rings (SSSR count). The highest BCUT2D eigenvalue weighted by atomic mass is 79.9. The largest absolute Gasteiger partial charge is 0.508 e. The highest BCUT2D eigenvalue weighted by Gasteiger charge is 2.07. The lowest BCUT2D eigenvalue weighted by molar-refractivity contribution is 0.469. The van der Waals surface area contributed by atoms with Crippen molar-refractivity contribution in [1.29, 1.82) is 0 Å². The maximum Gasteiger partial charge on any atom is 0.148 e. The summed E-state index contributed by atoms with van der Waals surface area (Å²) in [6, 6.07) is 7.10. The summed E-state index contributed by atoms with van der Waals surface area (Å²) in [6.07, 6.45) is 1.38. The van der Waals surface area contributed by atoms with E-state index in [0.29, 0.717) is 22.0 Å². The number of phenols is 1. The predicted molar refractivity (Wildman–Crippen MR) is 70.2 cm³/mol. The normalized spacial score (nSPS) is 10.2. The van der Waals surface area contributed by atoms with E-state index in [1.54, 1.807) is 12.1 Å². The summed E-state index contributed by atoms with van der Waals surface area (Å²) in [5, 5.41) is 13.0. The molecule has 1 heterocycles. The molecule has 2 N–H and O–H groups in total. The fraction of sp³-hybridized carbons (Fsp3) is 0.0909. The van der Waals surface area contributed by atoms with Crippen molar-refractivity contribution in [3.63, 3.8) is 0 Å². The first-order chi connectivity index (χ1) is 8.18. The van der Waals surface area contributed by atoms with Crippen LogP contribution >= 0.6 is 27.5 Å². The van der Waals surface area contributed by atoms with Crippen molar-refractivity contribution in [1.82, 2.24) is 9.97 Å². The van der Waals surface area contributed by atoms with Gasteiger partial charge in [-0.2, -0.15) is 0 Å². The van der Waals surface area contributed by atoms with Crippen LogP contribution in [0.25, 0.3) is 0 Å². The molecule has 17 heavy (non-hydrogen) atoms. The second kappa shape index (κ2) is 5.33. The monoisotopic (exact) mass is 313 g/mol. The molecule has 6 heteroatoms. The van der Waals surface area contributed by atoms with E-state index in [9.17, 15) is 5.11 Å². The van der Waals surface area contributed by atoms with Crippen LogP contribution in [0.1, 0.15) is 5.56 Å². The smallest absolute Gasteiger partial charge is 0.148 e. The first kappa shape index (κ1) is 12.1. The van der Waals surface area contributed by atoms with E-state index < -0.39 is 0 Å². The lowest BCUT2D eigenvalue weighted by Crippen LogP contribution is -2.03. The van der Waals surface area contributed by atoms with E-state index in [-0.39, 0.29) is 5.75 Å². The third kappa shape index (κ3) is 2.87. The van der Waals surface area contributed by atoms with Gasteiger partial charge in [-0.3, -0.25) is 0 Å². The standard InChI is InChI=1S/C11H9BrClN3O/c12-9-10(13)15-6-16-11(9)14-5-7-3-1-2-4-8(7)17/h1-4,6,17H,5H2,(H,14,15,16). The number of hydrogen-bond donors (Lipinski definition) is 2. The number of benzene rings is 1. The Labute approximate surface area is 112 Å². The molecule has 88 valence electrons. The molecule has 0 amide bonds. The topological polar surface area (TPSA) is 58.0 Å². The fourth-order valence-corrected chi connectivity index (χ4v) is 1.79. The summed E-state index contributed by atoms with van der Waals surface area (Å²) >= 11 is 9.13. The summed E-state index contributed by atoms with van der Waals surface area (Å²) in [5.74, 6) is 0.838. The Bertz CT molecular complexity index is 536. The molecule has 0 atom stereocenters. The van der Waals surface area contributed by atoms with Crippen LogP contribution in [-0.2, 0) is 6.54 Å². The molecular weight excluding hydrogens is 305 g/mol. The van der Waals surface area contributed by atoms with Gasteiger partial charge in [-0.05, 0) is 22.0 Å². The highest BCUT2D eigenvalue weighted by Crippen LogP contribution is 2.27. The van der Waals surface area contributed by atoms with Crippen LogP contribution in [0.3, 0.4) is 0 Å². The number of rotatable bonds is 3. The number of para-hydroxylation sites is 1. The van der Waals surface area contributed by atoms with Crippen molar-refractivity contribution in [3.8, 4) is 5.75 Å². The van der Waals surface area contributed by atoms with Crippen molar-refractivity contribution in [2.45, 2.75) is 6.54 Å². The van der Waals surface area contributed by atoms with Crippen LogP contribution in [0.15, 0.2) is 35.1 Å². The Hall–Kier alpha value is -1.33. The minimum atomic E-state index is 0.247. The zero-order chi connectivity index (χ0) is 12.3. The van der Waals surface area contributed by atoms with Crippen molar-refractivity contribution >= 4 is 33.3 Å². The number of halogens is 2. The van der Waals surface area contributed by atoms with E-state index in [2.05, 4.69) is 31.2 Å². The summed E-state index contributed by atoms with van der Waals surface area (Å²) in [5.41, 5.74) is 0.786. The van der Waals surface area contributed by atoms with E-state index in [1.165, 1.54) is 6.33 Å². The first-order valence-electron chi connectivity index (χ1n) is 4.85. The molecule has 0 saturated carbocycles. The average Bonchev–Trinajstić information content (AvgIpc) is 2.33. The lowest BCUT2D eigenvalue weighted by Gasteiger charge is -2.08. The maximum atomic E-state index is 9.60. The van der Waals surface area contributed by atoms with Gasteiger partial charge in [0, 0.05) is 12.1 Å². The van der Waals surface area contributed by atoms with Crippen molar-refractivity contribution in [2.24, 2.45) is 0 Å². The predicted octanol–water partition coefficient (Wildman–Crippen LogP) is 3.21. The van der Waals surface area contributed by atoms with E-state index in [0.717, 1.165) is 5.56 Å². The third-order valence-electron chi connectivity index (χ3n) is 2.18. The SMILES string of the molecule is Oc1ccccc1CNc1ncnc(Cl)c1Br. The second-order valence-electron chi connectivity index (χ2n) is 3.31. The van der Waals surface area contributed by atoms with E-state index >= 15 is 0 Å². The number of aromatic hydroxyl groups is 1. The van der Waals surface area contributed by atoms with Gasteiger partial charge < -0.3 is 10.4 Å². The number of nitrogens with one attached hydrogen (secondary N) is 1. The van der Waals surface area contributed by atoms with Gasteiger partial charge in [-0.25, -0.2) is 9.97 Å². The van der Waals surface area contributed by atoms with Gasteiger partial charge in [0.1, 0.15) is 23.0 Å². The number of hydrogen-bond acceptors (Lipinski definition) is 4. The van der Waals surface area contributed by atoms with E-state index in [1.807, 2.05) is 12.1 Å². The highest BCUT2D eigenvalue weighted by molar-refractivity contribution is 9.10. The molecule has 1 aromatic carbocycles. The molecule has 0 radical (unpaired) electrons. The summed E-state index contributed by atoms with van der Waals surface area (Å²) in [7, 11) is 0. The van der Waals surface area contributed by atoms with E-state index in [4.69, 9.17) is 11.6 Å². The number of nitrogens with zero attached hydrogens (tertiary/aromatic N) is 2. The van der Waals surface area contributed by atoms with Gasteiger partial charge in [0.2, 0.25) is 0 Å². The molecule has 0 unspecified atom stereocenters. The molecule has 0 aliphatic rings. The number of anilines is 1. The van der Waals surface area contributed by atoms with Crippen LogP contribution in [-0.4, -0.2) is 15.1 Å². The van der Waals surface area contributed by atoms with Gasteiger partial charge in [-0.1, -0.05) is 29.8 Å². The molecule has 0 aliphatic heterocycles.